The number of anilines is 3. The average molecular weight is 484 g/mol. The Bertz CT molecular complexity index is 961. The van der Waals surface area contributed by atoms with Crippen molar-refractivity contribution >= 4 is 33.4 Å². The Kier molecular flexibility index (Phi) is 6.83. The Morgan fingerprint density at radius 3 is 2.70 bits per heavy atom. The van der Waals surface area contributed by atoms with E-state index in [1.165, 1.54) is 6.07 Å². The van der Waals surface area contributed by atoms with Crippen molar-refractivity contribution in [1.82, 2.24) is 9.97 Å². The fourth-order valence-corrected chi connectivity index (χ4v) is 4.07. The highest BCUT2D eigenvalue weighted by atomic mass is 79.9. The molecule has 3 rings (SSSR count). The number of aromatic nitrogens is 2. The molecule has 160 valence electrons. The lowest BCUT2D eigenvalue weighted by molar-refractivity contribution is -0.138. The Morgan fingerprint density at radius 2 is 2.03 bits per heavy atom. The summed E-state index contributed by atoms with van der Waals surface area (Å²) >= 11 is 2.91. The van der Waals surface area contributed by atoms with Crippen LogP contribution in [0.1, 0.15) is 42.4 Å². The zero-order chi connectivity index (χ0) is 21.9. The number of aliphatic hydroxyl groups excluding tert-OH is 1. The molecule has 1 aliphatic rings. The molecule has 2 atom stereocenters. The number of aryl methyl sites for hydroxylation is 1. The molecule has 0 saturated heterocycles. The zero-order valence-corrected chi connectivity index (χ0v) is 17.8. The lowest BCUT2D eigenvalue weighted by atomic mass is 9.85. The number of hydrogen-bond donors (Lipinski definition) is 3. The lowest BCUT2D eigenvalue weighted by Crippen LogP contribution is -2.32. The second kappa shape index (κ2) is 9.18. The highest BCUT2D eigenvalue weighted by Gasteiger charge is 2.34. The Labute approximate surface area is 180 Å². The minimum Gasteiger partial charge on any atom is -0.392 e. The molecular formula is C20H21BrF3N5O. The molecule has 1 aromatic carbocycles. The summed E-state index contributed by atoms with van der Waals surface area (Å²) in [6.45, 7) is 1.26. The maximum Gasteiger partial charge on any atom is 0.417 e. The second-order valence-electron chi connectivity index (χ2n) is 7.27. The van der Waals surface area contributed by atoms with Crippen molar-refractivity contribution in [3.63, 3.8) is 0 Å². The van der Waals surface area contributed by atoms with E-state index >= 15 is 0 Å². The quantitative estimate of drug-likeness (QED) is 0.534. The smallest absolute Gasteiger partial charge is 0.392 e. The van der Waals surface area contributed by atoms with Gasteiger partial charge in [-0.15, -0.1) is 0 Å². The maximum atomic E-state index is 13.3. The van der Waals surface area contributed by atoms with Crippen LogP contribution in [0.3, 0.4) is 0 Å². The van der Waals surface area contributed by atoms with Gasteiger partial charge in [-0.1, -0.05) is 12.8 Å². The van der Waals surface area contributed by atoms with E-state index in [9.17, 15) is 23.5 Å². The van der Waals surface area contributed by atoms with Crippen molar-refractivity contribution in [3.05, 3.63) is 39.5 Å². The largest absolute Gasteiger partial charge is 0.417 e. The number of alkyl halides is 3. The summed E-state index contributed by atoms with van der Waals surface area (Å²) in [6, 6.07) is 4.64. The van der Waals surface area contributed by atoms with Crippen molar-refractivity contribution in [1.29, 1.82) is 5.26 Å². The van der Waals surface area contributed by atoms with Crippen LogP contribution in [0.5, 0.6) is 0 Å². The number of aliphatic hydroxyl groups is 1. The molecule has 2 aromatic rings. The number of hydrogen-bond acceptors (Lipinski definition) is 6. The SMILES string of the molecule is Cc1cnc(Nc2cc(CO)c(Br)c(C(F)(F)F)c2)nc1N[C@H]1CCCCC1C#N. The van der Waals surface area contributed by atoms with Crippen LogP contribution in [0.15, 0.2) is 22.8 Å². The van der Waals surface area contributed by atoms with E-state index < -0.39 is 18.3 Å². The third-order valence-corrected chi connectivity index (χ3v) is 6.04. The van der Waals surface area contributed by atoms with Gasteiger partial charge in [0.2, 0.25) is 5.95 Å². The minimum atomic E-state index is -4.59. The van der Waals surface area contributed by atoms with E-state index in [1.807, 2.05) is 6.92 Å². The standard InChI is InChI=1S/C20H21BrF3N5O/c1-11-9-26-19(29-18(11)28-16-5-3-2-4-12(16)8-25)27-14-6-13(10-30)17(21)15(7-14)20(22,23)24/h6-7,9,12,16,30H,2-5,10H2,1H3,(H2,26,27,28,29)/t12?,16-/m0/s1. The van der Waals surface area contributed by atoms with Gasteiger partial charge in [-0.05, 0) is 53.4 Å². The van der Waals surface area contributed by atoms with E-state index in [0.717, 1.165) is 37.3 Å². The van der Waals surface area contributed by atoms with E-state index in [-0.39, 0.29) is 33.6 Å². The molecule has 1 heterocycles. The minimum absolute atomic E-state index is 0.0318. The summed E-state index contributed by atoms with van der Waals surface area (Å²) in [5.74, 6) is 0.541. The monoisotopic (exact) mass is 483 g/mol. The van der Waals surface area contributed by atoms with Crippen LogP contribution in [0.25, 0.3) is 0 Å². The number of rotatable bonds is 5. The number of benzene rings is 1. The number of nitrogens with one attached hydrogen (secondary N) is 2. The highest BCUT2D eigenvalue weighted by Crippen LogP contribution is 2.39. The first-order valence-corrected chi connectivity index (χ1v) is 10.3. The van der Waals surface area contributed by atoms with Crippen molar-refractivity contribution in [2.24, 2.45) is 5.92 Å². The molecule has 6 nitrogen and oxygen atoms in total. The first-order chi connectivity index (χ1) is 14.2. The fourth-order valence-electron chi connectivity index (χ4n) is 3.49. The first kappa shape index (κ1) is 22.3. The van der Waals surface area contributed by atoms with Crippen molar-refractivity contribution in [2.45, 2.75) is 51.4 Å². The summed E-state index contributed by atoms with van der Waals surface area (Å²) in [5, 5.41) is 24.9. The third-order valence-electron chi connectivity index (χ3n) is 5.11. The molecule has 1 aliphatic carbocycles. The molecular weight excluding hydrogens is 463 g/mol. The topological polar surface area (TPSA) is 93.9 Å². The van der Waals surface area contributed by atoms with Crippen molar-refractivity contribution in [3.8, 4) is 6.07 Å². The molecule has 0 radical (unpaired) electrons. The lowest BCUT2D eigenvalue weighted by Gasteiger charge is -2.28. The van der Waals surface area contributed by atoms with Crippen LogP contribution in [0.2, 0.25) is 0 Å². The number of halogens is 4. The van der Waals surface area contributed by atoms with Crippen LogP contribution >= 0.6 is 15.9 Å². The van der Waals surface area contributed by atoms with Crippen LogP contribution < -0.4 is 10.6 Å². The van der Waals surface area contributed by atoms with Gasteiger partial charge in [0.05, 0.1) is 24.2 Å². The van der Waals surface area contributed by atoms with Gasteiger partial charge in [-0.3, -0.25) is 0 Å². The van der Waals surface area contributed by atoms with E-state index in [2.05, 4.69) is 42.6 Å². The third kappa shape index (κ3) is 5.02. The zero-order valence-electron chi connectivity index (χ0n) is 16.2. The van der Waals surface area contributed by atoms with Crippen LogP contribution in [0, 0.1) is 24.2 Å². The number of nitrogens with zero attached hydrogens (tertiary/aromatic N) is 3. The van der Waals surface area contributed by atoms with Crippen molar-refractivity contribution in [2.75, 3.05) is 10.6 Å². The van der Waals surface area contributed by atoms with Crippen LogP contribution in [0.4, 0.5) is 30.6 Å². The molecule has 3 N–H and O–H groups in total. The molecule has 0 bridgehead atoms. The molecule has 10 heteroatoms. The maximum absolute atomic E-state index is 13.3. The molecule has 0 aliphatic heterocycles. The van der Waals surface area contributed by atoms with Gasteiger partial charge in [0.1, 0.15) is 5.82 Å². The summed E-state index contributed by atoms with van der Waals surface area (Å²) in [5.41, 5.74) is 0.0699. The second-order valence-corrected chi connectivity index (χ2v) is 8.07. The summed E-state index contributed by atoms with van der Waals surface area (Å²) < 4.78 is 39.8. The number of nitriles is 1. The summed E-state index contributed by atoms with van der Waals surface area (Å²) in [6.07, 6.45) is 0.698. The van der Waals surface area contributed by atoms with Gasteiger partial charge < -0.3 is 15.7 Å². The molecule has 0 spiro atoms. The molecule has 1 unspecified atom stereocenters. The highest BCUT2D eigenvalue weighted by molar-refractivity contribution is 9.10. The van der Waals surface area contributed by atoms with Gasteiger partial charge >= 0.3 is 6.18 Å². The van der Waals surface area contributed by atoms with Crippen LogP contribution in [-0.4, -0.2) is 21.1 Å². The Hall–Kier alpha value is -2.38. The predicted octanol–water partition coefficient (Wildman–Crippen LogP) is 5.30. The van der Waals surface area contributed by atoms with Gasteiger partial charge in [0, 0.05) is 28.0 Å². The summed E-state index contributed by atoms with van der Waals surface area (Å²) in [7, 11) is 0. The molecule has 1 saturated carbocycles. The van der Waals surface area contributed by atoms with E-state index in [0.29, 0.717) is 5.82 Å². The Morgan fingerprint density at radius 1 is 1.30 bits per heavy atom. The average Bonchev–Trinajstić information content (AvgIpc) is 2.71. The molecule has 0 amide bonds. The predicted molar refractivity (Wildman–Crippen MR) is 110 cm³/mol. The van der Waals surface area contributed by atoms with Gasteiger partial charge in [0.15, 0.2) is 0 Å². The van der Waals surface area contributed by atoms with Crippen molar-refractivity contribution < 1.29 is 18.3 Å². The van der Waals surface area contributed by atoms with Gasteiger partial charge in [0.25, 0.3) is 0 Å². The molecule has 1 aromatic heterocycles. The van der Waals surface area contributed by atoms with Gasteiger partial charge in [-0.2, -0.15) is 23.4 Å². The summed E-state index contributed by atoms with van der Waals surface area (Å²) in [4.78, 5) is 8.56. The molecule has 1 fully saturated rings. The molecule has 30 heavy (non-hydrogen) atoms. The normalized spacial score (nSPS) is 19.2. The first-order valence-electron chi connectivity index (χ1n) is 9.50. The Balaban J connectivity index is 1.88. The van der Waals surface area contributed by atoms with E-state index in [1.54, 1.807) is 6.20 Å². The fraction of sp³-hybridized carbons (Fsp3) is 0.450. The van der Waals surface area contributed by atoms with Crippen LogP contribution in [-0.2, 0) is 12.8 Å². The van der Waals surface area contributed by atoms with E-state index in [4.69, 9.17) is 0 Å². The van der Waals surface area contributed by atoms with Gasteiger partial charge in [-0.25, -0.2) is 4.98 Å².